The largest absolute Gasteiger partial charge is 0.497 e. The van der Waals surface area contributed by atoms with E-state index in [4.69, 9.17) is 9.47 Å². The smallest absolute Gasteiger partial charge is 0.313 e. The van der Waals surface area contributed by atoms with Crippen molar-refractivity contribution < 1.29 is 14.3 Å². The first-order valence-electron chi connectivity index (χ1n) is 12.4. The molecule has 0 aromatic heterocycles. The zero-order valence-corrected chi connectivity index (χ0v) is 20.0. The van der Waals surface area contributed by atoms with Gasteiger partial charge in [0.2, 0.25) is 0 Å². The second-order valence-electron chi connectivity index (χ2n) is 8.75. The Kier molecular flexibility index (Phi) is 12.1. The lowest BCUT2D eigenvalue weighted by Gasteiger charge is -2.13. The summed E-state index contributed by atoms with van der Waals surface area (Å²) in [4.78, 5) is 12.4. The summed E-state index contributed by atoms with van der Waals surface area (Å²) >= 11 is 0. The molecule has 1 atom stereocenters. The Balaban J connectivity index is 1.56. The van der Waals surface area contributed by atoms with E-state index in [-0.39, 0.29) is 11.9 Å². The lowest BCUT2D eigenvalue weighted by Crippen LogP contribution is -2.14. The fraction of sp³-hybridized carbons (Fsp3) is 0.607. The van der Waals surface area contributed by atoms with Crippen LogP contribution in [0.25, 0.3) is 10.8 Å². The topological polar surface area (TPSA) is 35.5 Å². The second kappa shape index (κ2) is 14.9. The first-order valence-corrected chi connectivity index (χ1v) is 12.4. The van der Waals surface area contributed by atoms with Crippen LogP contribution in [0.1, 0.15) is 102 Å². The highest BCUT2D eigenvalue weighted by molar-refractivity contribution is 5.86. The van der Waals surface area contributed by atoms with Gasteiger partial charge in [-0.15, -0.1) is 0 Å². The maximum atomic E-state index is 12.4. The van der Waals surface area contributed by atoms with Gasteiger partial charge in [-0.3, -0.25) is 4.79 Å². The molecule has 0 aliphatic heterocycles. The van der Waals surface area contributed by atoms with Crippen molar-refractivity contribution in [1.82, 2.24) is 0 Å². The number of unbranched alkanes of at least 4 members (excludes halogenated alkanes) is 11. The van der Waals surface area contributed by atoms with Crippen LogP contribution in [0.5, 0.6) is 5.75 Å². The van der Waals surface area contributed by atoms with E-state index in [0.29, 0.717) is 6.61 Å². The molecular formula is C28H42O3. The normalized spacial score (nSPS) is 12.1. The van der Waals surface area contributed by atoms with Crippen LogP contribution in [-0.4, -0.2) is 19.7 Å². The van der Waals surface area contributed by atoms with Gasteiger partial charge < -0.3 is 9.47 Å². The van der Waals surface area contributed by atoms with Gasteiger partial charge in [0.1, 0.15) is 5.75 Å². The summed E-state index contributed by atoms with van der Waals surface area (Å²) in [5, 5.41) is 2.22. The molecular weight excluding hydrogens is 384 g/mol. The minimum absolute atomic E-state index is 0.129. The molecule has 172 valence electrons. The molecule has 0 spiro atoms. The maximum Gasteiger partial charge on any atom is 0.313 e. The average molecular weight is 427 g/mol. The molecule has 0 bridgehead atoms. The van der Waals surface area contributed by atoms with Crippen LogP contribution < -0.4 is 4.74 Å². The molecule has 0 saturated heterocycles. The summed E-state index contributed by atoms with van der Waals surface area (Å²) in [6.45, 7) is 4.73. The van der Waals surface area contributed by atoms with Crippen molar-refractivity contribution in [2.45, 2.75) is 96.8 Å². The minimum Gasteiger partial charge on any atom is -0.497 e. The monoisotopic (exact) mass is 426 g/mol. The SMILES string of the molecule is CCCCCCCCCCCCCCOC(=O)C(C)c1ccc2cc(OC)ccc2c1. The van der Waals surface area contributed by atoms with Crippen molar-refractivity contribution in [2.75, 3.05) is 13.7 Å². The fourth-order valence-corrected chi connectivity index (χ4v) is 4.02. The number of rotatable bonds is 16. The number of fused-ring (bicyclic) bond motifs is 1. The Labute approximate surface area is 189 Å². The molecule has 0 saturated carbocycles. The summed E-state index contributed by atoms with van der Waals surface area (Å²) in [5.74, 6) is 0.467. The summed E-state index contributed by atoms with van der Waals surface area (Å²) in [7, 11) is 1.67. The van der Waals surface area contributed by atoms with Gasteiger partial charge in [-0.05, 0) is 41.8 Å². The summed E-state index contributed by atoms with van der Waals surface area (Å²) in [5.41, 5.74) is 0.998. The molecule has 2 rings (SSSR count). The molecule has 0 aliphatic carbocycles. The molecule has 3 heteroatoms. The first-order chi connectivity index (χ1) is 15.2. The Morgan fingerprint density at radius 2 is 1.32 bits per heavy atom. The third-order valence-electron chi connectivity index (χ3n) is 6.17. The molecule has 2 aromatic rings. The summed E-state index contributed by atoms with van der Waals surface area (Å²) < 4.78 is 10.8. The lowest BCUT2D eigenvalue weighted by molar-refractivity contribution is -0.145. The highest BCUT2D eigenvalue weighted by Crippen LogP contribution is 2.26. The van der Waals surface area contributed by atoms with Gasteiger partial charge in [0.05, 0.1) is 19.6 Å². The number of carbonyl (C=O) groups excluding carboxylic acids is 1. The molecule has 3 nitrogen and oxygen atoms in total. The van der Waals surface area contributed by atoms with Crippen molar-refractivity contribution >= 4 is 16.7 Å². The van der Waals surface area contributed by atoms with Crippen LogP contribution in [0.15, 0.2) is 36.4 Å². The van der Waals surface area contributed by atoms with E-state index >= 15 is 0 Å². The summed E-state index contributed by atoms with van der Waals surface area (Å²) in [6.07, 6.45) is 15.7. The molecule has 0 radical (unpaired) electrons. The Bertz CT molecular complexity index is 768. The first kappa shape index (κ1) is 25.2. The third-order valence-corrected chi connectivity index (χ3v) is 6.17. The van der Waals surface area contributed by atoms with Crippen molar-refractivity contribution in [1.29, 1.82) is 0 Å². The molecule has 1 unspecified atom stereocenters. The molecule has 0 N–H and O–H groups in total. The number of hydrogen-bond acceptors (Lipinski definition) is 3. The molecule has 0 heterocycles. The molecule has 2 aromatic carbocycles. The van der Waals surface area contributed by atoms with E-state index in [2.05, 4.69) is 13.0 Å². The minimum atomic E-state index is -0.246. The number of benzene rings is 2. The van der Waals surface area contributed by atoms with E-state index in [0.717, 1.165) is 34.9 Å². The van der Waals surface area contributed by atoms with Crippen LogP contribution in [0.2, 0.25) is 0 Å². The van der Waals surface area contributed by atoms with Gasteiger partial charge >= 0.3 is 5.97 Å². The van der Waals surface area contributed by atoms with Gasteiger partial charge in [-0.1, -0.05) is 102 Å². The highest BCUT2D eigenvalue weighted by atomic mass is 16.5. The number of methoxy groups -OCH3 is 1. The summed E-state index contributed by atoms with van der Waals surface area (Å²) in [6, 6.07) is 12.1. The number of ether oxygens (including phenoxy) is 2. The van der Waals surface area contributed by atoms with E-state index in [1.807, 2.05) is 37.3 Å². The van der Waals surface area contributed by atoms with E-state index in [1.165, 1.54) is 64.2 Å². The molecule has 0 amide bonds. The Hall–Kier alpha value is -2.03. The van der Waals surface area contributed by atoms with E-state index in [9.17, 15) is 4.79 Å². The van der Waals surface area contributed by atoms with Gasteiger partial charge in [-0.25, -0.2) is 0 Å². The molecule has 31 heavy (non-hydrogen) atoms. The van der Waals surface area contributed by atoms with Crippen LogP contribution in [-0.2, 0) is 9.53 Å². The van der Waals surface area contributed by atoms with Gasteiger partial charge in [-0.2, -0.15) is 0 Å². The third kappa shape index (κ3) is 9.33. The standard InChI is InChI=1S/C28H42O3/c1-4-5-6-7-8-9-10-11-12-13-14-15-20-31-28(29)23(2)24-16-17-26-22-27(30-3)19-18-25(26)21-24/h16-19,21-23H,4-15,20H2,1-3H3. The van der Waals surface area contributed by atoms with Crippen molar-refractivity contribution in [3.8, 4) is 5.75 Å². The highest BCUT2D eigenvalue weighted by Gasteiger charge is 2.17. The van der Waals surface area contributed by atoms with Crippen LogP contribution >= 0.6 is 0 Å². The van der Waals surface area contributed by atoms with Gasteiger partial charge in [0, 0.05) is 0 Å². The van der Waals surface area contributed by atoms with E-state index in [1.54, 1.807) is 7.11 Å². The average Bonchev–Trinajstić information content (AvgIpc) is 2.80. The molecule has 0 fully saturated rings. The second-order valence-corrected chi connectivity index (χ2v) is 8.75. The lowest BCUT2D eigenvalue weighted by atomic mass is 9.98. The fourth-order valence-electron chi connectivity index (χ4n) is 4.02. The predicted octanol–water partition coefficient (Wildman–Crippen LogP) is 8.20. The zero-order chi connectivity index (χ0) is 22.3. The van der Waals surface area contributed by atoms with Crippen LogP contribution in [0.4, 0.5) is 0 Å². The number of hydrogen-bond donors (Lipinski definition) is 0. The number of esters is 1. The van der Waals surface area contributed by atoms with Crippen molar-refractivity contribution in [3.63, 3.8) is 0 Å². The van der Waals surface area contributed by atoms with Gasteiger partial charge in [0.15, 0.2) is 0 Å². The van der Waals surface area contributed by atoms with Crippen molar-refractivity contribution in [3.05, 3.63) is 42.0 Å². The quantitative estimate of drug-likeness (QED) is 0.200. The van der Waals surface area contributed by atoms with Crippen LogP contribution in [0, 0.1) is 0 Å². The number of carbonyl (C=O) groups is 1. The molecule has 0 aliphatic rings. The van der Waals surface area contributed by atoms with Crippen LogP contribution in [0.3, 0.4) is 0 Å². The van der Waals surface area contributed by atoms with Crippen molar-refractivity contribution in [2.24, 2.45) is 0 Å². The van der Waals surface area contributed by atoms with E-state index < -0.39 is 0 Å². The maximum absolute atomic E-state index is 12.4. The Morgan fingerprint density at radius 3 is 1.94 bits per heavy atom. The van der Waals surface area contributed by atoms with Gasteiger partial charge in [0.25, 0.3) is 0 Å². The Morgan fingerprint density at radius 1 is 0.774 bits per heavy atom. The predicted molar refractivity (Wildman–Crippen MR) is 131 cm³/mol. The zero-order valence-electron chi connectivity index (χ0n) is 20.0.